The van der Waals surface area contributed by atoms with E-state index in [0.717, 1.165) is 10.4 Å². The molecule has 0 saturated heterocycles. The lowest BCUT2D eigenvalue weighted by molar-refractivity contribution is -0.144. The Hall–Kier alpha value is -0.990. The Kier molecular flexibility index (Phi) is 5.67. The molecule has 0 aromatic heterocycles. The Morgan fingerprint density at radius 3 is 2.65 bits per heavy atom. The molecule has 0 fully saturated rings. The Morgan fingerprint density at radius 1 is 1.50 bits per heavy atom. The third-order valence-corrected chi connectivity index (χ3v) is 5.05. The highest BCUT2D eigenvalue weighted by molar-refractivity contribution is 9.10. The SMILES string of the molecule is COC(=O)C(C)CN(C)S(=O)(=O)c1cc(Br)ccc1F. The van der Waals surface area contributed by atoms with Gasteiger partial charge in [0, 0.05) is 18.1 Å². The van der Waals surface area contributed by atoms with E-state index in [-0.39, 0.29) is 6.54 Å². The predicted molar refractivity (Wildman–Crippen MR) is 75.1 cm³/mol. The number of carbonyl (C=O) groups excluding carboxylic acids is 1. The van der Waals surface area contributed by atoms with Crippen molar-refractivity contribution in [3.05, 3.63) is 28.5 Å². The second-order valence-corrected chi connectivity index (χ2v) is 7.21. The molecule has 1 atom stereocenters. The van der Waals surface area contributed by atoms with Gasteiger partial charge in [0.15, 0.2) is 0 Å². The van der Waals surface area contributed by atoms with Crippen molar-refractivity contribution in [2.45, 2.75) is 11.8 Å². The first-order valence-corrected chi connectivity index (χ1v) is 7.92. The summed E-state index contributed by atoms with van der Waals surface area (Å²) in [6.07, 6.45) is 0. The normalized spacial score (nSPS) is 13.3. The molecule has 0 aliphatic rings. The molecular weight excluding hydrogens is 353 g/mol. The molecule has 112 valence electrons. The van der Waals surface area contributed by atoms with Gasteiger partial charge in [-0.3, -0.25) is 4.79 Å². The highest BCUT2D eigenvalue weighted by Crippen LogP contribution is 2.23. The first-order chi connectivity index (χ1) is 9.20. The van der Waals surface area contributed by atoms with E-state index in [1.54, 1.807) is 0 Å². The van der Waals surface area contributed by atoms with Crippen LogP contribution in [0.4, 0.5) is 4.39 Å². The van der Waals surface area contributed by atoms with Crippen LogP contribution in [0.2, 0.25) is 0 Å². The fraction of sp³-hybridized carbons (Fsp3) is 0.417. The maximum atomic E-state index is 13.7. The Balaban J connectivity index is 3.04. The van der Waals surface area contributed by atoms with Crippen molar-refractivity contribution in [1.29, 1.82) is 0 Å². The molecule has 0 N–H and O–H groups in total. The zero-order chi connectivity index (χ0) is 15.5. The molecule has 0 heterocycles. The first-order valence-electron chi connectivity index (χ1n) is 5.69. The molecule has 1 aromatic carbocycles. The van der Waals surface area contributed by atoms with Crippen LogP contribution in [0.25, 0.3) is 0 Å². The summed E-state index contributed by atoms with van der Waals surface area (Å²) in [4.78, 5) is 10.9. The van der Waals surface area contributed by atoms with Gasteiger partial charge in [0.05, 0.1) is 13.0 Å². The Morgan fingerprint density at radius 2 is 2.10 bits per heavy atom. The summed E-state index contributed by atoms with van der Waals surface area (Å²) in [5.74, 6) is -2.01. The van der Waals surface area contributed by atoms with Crippen LogP contribution < -0.4 is 0 Å². The van der Waals surface area contributed by atoms with E-state index in [0.29, 0.717) is 4.47 Å². The van der Waals surface area contributed by atoms with E-state index < -0.39 is 32.6 Å². The summed E-state index contributed by atoms with van der Waals surface area (Å²) in [5.41, 5.74) is 0. The lowest BCUT2D eigenvalue weighted by Crippen LogP contribution is -2.34. The van der Waals surface area contributed by atoms with E-state index in [1.807, 2.05) is 0 Å². The maximum Gasteiger partial charge on any atom is 0.309 e. The molecule has 8 heteroatoms. The van der Waals surface area contributed by atoms with Gasteiger partial charge < -0.3 is 4.74 Å². The molecule has 1 aromatic rings. The minimum atomic E-state index is -4.01. The van der Waals surface area contributed by atoms with Crippen molar-refractivity contribution in [2.75, 3.05) is 20.7 Å². The zero-order valence-corrected chi connectivity index (χ0v) is 13.7. The van der Waals surface area contributed by atoms with Crippen LogP contribution in [0.15, 0.2) is 27.6 Å². The van der Waals surface area contributed by atoms with Crippen LogP contribution in [0, 0.1) is 11.7 Å². The minimum Gasteiger partial charge on any atom is -0.469 e. The summed E-state index contributed by atoms with van der Waals surface area (Å²) >= 11 is 3.10. The quantitative estimate of drug-likeness (QED) is 0.746. The average Bonchev–Trinajstić information content (AvgIpc) is 2.40. The number of hydrogen-bond acceptors (Lipinski definition) is 4. The predicted octanol–water partition coefficient (Wildman–Crippen LogP) is 2.02. The lowest BCUT2D eigenvalue weighted by atomic mass is 10.2. The molecule has 5 nitrogen and oxygen atoms in total. The van der Waals surface area contributed by atoms with Gasteiger partial charge in [0.1, 0.15) is 10.7 Å². The third kappa shape index (κ3) is 3.77. The number of nitrogens with zero attached hydrogens (tertiary/aromatic N) is 1. The van der Waals surface area contributed by atoms with Crippen molar-refractivity contribution >= 4 is 31.9 Å². The monoisotopic (exact) mass is 367 g/mol. The Bertz CT molecular complexity index is 605. The topological polar surface area (TPSA) is 63.7 Å². The fourth-order valence-electron chi connectivity index (χ4n) is 1.60. The van der Waals surface area contributed by atoms with Crippen molar-refractivity contribution in [1.82, 2.24) is 4.31 Å². The molecule has 20 heavy (non-hydrogen) atoms. The third-order valence-electron chi connectivity index (χ3n) is 2.72. The Labute approximate surface area is 125 Å². The molecule has 1 rings (SSSR count). The number of esters is 1. The second-order valence-electron chi connectivity index (χ2n) is 4.28. The van der Waals surface area contributed by atoms with Crippen LogP contribution >= 0.6 is 15.9 Å². The molecular formula is C12H15BrFNO4S. The van der Waals surface area contributed by atoms with Crippen LogP contribution in [0.1, 0.15) is 6.92 Å². The van der Waals surface area contributed by atoms with Gasteiger partial charge in [-0.2, -0.15) is 4.31 Å². The van der Waals surface area contributed by atoms with Crippen molar-refractivity contribution in [3.63, 3.8) is 0 Å². The van der Waals surface area contributed by atoms with E-state index >= 15 is 0 Å². The van der Waals surface area contributed by atoms with Crippen molar-refractivity contribution < 1.29 is 22.3 Å². The molecule has 1 unspecified atom stereocenters. The highest BCUT2D eigenvalue weighted by atomic mass is 79.9. The number of benzene rings is 1. The summed E-state index contributed by atoms with van der Waals surface area (Å²) in [5, 5.41) is 0. The summed E-state index contributed by atoms with van der Waals surface area (Å²) < 4.78 is 44.1. The van der Waals surface area contributed by atoms with Crippen LogP contribution in [0.5, 0.6) is 0 Å². The summed E-state index contributed by atoms with van der Waals surface area (Å²) in [6.45, 7) is 1.44. The van der Waals surface area contributed by atoms with Crippen molar-refractivity contribution in [3.8, 4) is 0 Å². The number of ether oxygens (including phenoxy) is 1. The van der Waals surface area contributed by atoms with E-state index in [4.69, 9.17) is 0 Å². The first kappa shape index (κ1) is 17.1. The molecule has 0 aliphatic heterocycles. The molecule has 0 bridgehead atoms. The van der Waals surface area contributed by atoms with Gasteiger partial charge in [-0.25, -0.2) is 12.8 Å². The standard InChI is InChI=1S/C12H15BrFNO4S/c1-8(12(16)19-3)7-15(2)20(17,18)11-6-9(13)4-5-10(11)14/h4-6,8H,7H2,1-3H3. The lowest BCUT2D eigenvalue weighted by Gasteiger charge is -2.20. The van der Waals surface area contributed by atoms with Gasteiger partial charge in [0.25, 0.3) is 0 Å². The smallest absolute Gasteiger partial charge is 0.309 e. The van der Waals surface area contributed by atoms with Gasteiger partial charge in [-0.15, -0.1) is 0 Å². The molecule has 0 radical (unpaired) electrons. The largest absolute Gasteiger partial charge is 0.469 e. The maximum absolute atomic E-state index is 13.7. The summed E-state index contributed by atoms with van der Waals surface area (Å²) in [7, 11) is -1.50. The van der Waals surface area contributed by atoms with E-state index in [9.17, 15) is 17.6 Å². The molecule has 0 aliphatic carbocycles. The second kappa shape index (κ2) is 6.64. The van der Waals surface area contributed by atoms with Gasteiger partial charge >= 0.3 is 5.97 Å². The average molecular weight is 368 g/mol. The van der Waals surface area contributed by atoms with Crippen molar-refractivity contribution in [2.24, 2.45) is 5.92 Å². The van der Waals surface area contributed by atoms with Gasteiger partial charge in [-0.1, -0.05) is 22.9 Å². The van der Waals surface area contributed by atoms with E-state index in [2.05, 4.69) is 20.7 Å². The fourth-order valence-corrected chi connectivity index (χ4v) is 3.46. The van der Waals surface area contributed by atoms with Crippen LogP contribution in [-0.2, 0) is 19.6 Å². The number of methoxy groups -OCH3 is 1. The van der Waals surface area contributed by atoms with E-state index in [1.165, 1.54) is 33.2 Å². The minimum absolute atomic E-state index is 0.0963. The number of halogens is 2. The van der Waals surface area contributed by atoms with Gasteiger partial charge in [-0.05, 0) is 18.2 Å². The number of carbonyl (C=O) groups is 1. The number of hydrogen-bond donors (Lipinski definition) is 0. The molecule has 0 amide bonds. The van der Waals surface area contributed by atoms with Crippen LogP contribution in [0.3, 0.4) is 0 Å². The van der Waals surface area contributed by atoms with Gasteiger partial charge in [0.2, 0.25) is 10.0 Å². The highest BCUT2D eigenvalue weighted by Gasteiger charge is 2.27. The number of sulfonamides is 1. The molecule has 0 saturated carbocycles. The van der Waals surface area contributed by atoms with Crippen LogP contribution in [-0.4, -0.2) is 39.4 Å². The molecule has 0 spiro atoms. The summed E-state index contributed by atoms with van der Waals surface area (Å²) in [6, 6.07) is 3.66. The zero-order valence-electron chi connectivity index (χ0n) is 11.3. The number of rotatable bonds is 5.